The zero-order valence-corrected chi connectivity index (χ0v) is 71.9. The van der Waals surface area contributed by atoms with Crippen LogP contribution in [0.5, 0.6) is 0 Å². The van der Waals surface area contributed by atoms with E-state index in [0.717, 1.165) is 165 Å². The number of rotatable bonds is 7. The highest BCUT2D eigenvalue weighted by atomic mass is 16.3. The predicted molar refractivity (Wildman–Crippen MR) is 560 cm³/mol. The lowest BCUT2D eigenvalue weighted by Crippen LogP contribution is -1.93. The highest BCUT2D eigenvalue weighted by Gasteiger charge is 2.25. The second-order valence-corrected chi connectivity index (χ2v) is 34.8. The molecule has 0 spiro atoms. The lowest BCUT2D eigenvalue weighted by molar-refractivity contribution is 0.669. The largest absolute Gasteiger partial charge is 0.456 e. The molecule has 29 rings (SSSR count). The molecular weight excluding hydrogens is 1620 g/mol. The van der Waals surface area contributed by atoms with E-state index in [4.69, 9.17) is 28.2 Å². The Morgan fingerprint density at radius 1 is 0.128 bits per heavy atom. The molecule has 0 aliphatic rings. The number of benzene rings is 23. The van der Waals surface area contributed by atoms with Crippen LogP contribution in [0.15, 0.2) is 468 Å². The van der Waals surface area contributed by atoms with Gasteiger partial charge in [-0.05, 0) is 205 Å². The number of fused-ring (bicyclic) bond motifs is 32. The van der Waals surface area contributed by atoms with Gasteiger partial charge in [0.05, 0.1) is 33.6 Å². The summed E-state index contributed by atoms with van der Waals surface area (Å²) in [6.07, 6.45) is 0. The van der Waals surface area contributed by atoms with Crippen molar-refractivity contribution in [3.8, 4) is 78.3 Å². The van der Waals surface area contributed by atoms with Crippen LogP contribution < -0.4 is 0 Å². The monoisotopic (exact) mass is 1690 g/mol. The Labute approximate surface area is 762 Å². The number of para-hydroxylation sites is 3. The van der Waals surface area contributed by atoms with E-state index in [2.05, 4.69) is 425 Å². The maximum atomic E-state index is 6.37. The summed E-state index contributed by atoms with van der Waals surface area (Å²) in [4.78, 5) is 16.1. The van der Waals surface area contributed by atoms with E-state index in [1.54, 1.807) is 0 Å². The number of hydrogen-bond donors (Lipinski definition) is 0. The van der Waals surface area contributed by atoms with E-state index in [1.165, 1.54) is 119 Å². The van der Waals surface area contributed by atoms with Crippen LogP contribution in [0.3, 0.4) is 0 Å². The van der Waals surface area contributed by atoms with Crippen LogP contribution in [0, 0.1) is 0 Å². The third-order valence-corrected chi connectivity index (χ3v) is 27.5. The fourth-order valence-electron chi connectivity index (χ4n) is 21.5. The van der Waals surface area contributed by atoms with Gasteiger partial charge in [-0.2, -0.15) is 0 Å². The van der Waals surface area contributed by atoms with Crippen molar-refractivity contribution in [2.75, 3.05) is 0 Å². The van der Waals surface area contributed by atoms with Crippen molar-refractivity contribution in [3.05, 3.63) is 455 Å². The normalized spacial score (nSPS) is 11.9. The summed E-state index contributed by atoms with van der Waals surface area (Å²) in [5.41, 5.74) is 24.1. The third-order valence-electron chi connectivity index (χ3n) is 27.5. The molecule has 0 saturated heterocycles. The minimum Gasteiger partial charge on any atom is -0.456 e. The van der Waals surface area contributed by atoms with Gasteiger partial charge >= 0.3 is 0 Å². The SMILES string of the molecule is c1ccc(-c2c3ccccc3c(-c3ccc4c(c3)nc(-c3ccccc3)c3ccc5oc6ccccc6c5c34)c3ccccc23)cc1.c1ccc(-c2nc3cc(-c4ccc5c6ccccc6c6ccccc6c5c4)ccc3c3c2ccc2oc4ccccc4c23)cc1.c1ccc(-c2nc3cc(-c4ccc5ccc6ccccc6c5c4)ccc3c3c2ccc2oc4ccccc4c23)cc1. The Hall–Kier alpha value is -17.7. The smallest absolute Gasteiger partial charge is 0.136 e. The molecule has 0 aliphatic carbocycles. The molecular formula is C127H75N3O3. The lowest BCUT2D eigenvalue weighted by Gasteiger charge is -2.18. The maximum Gasteiger partial charge on any atom is 0.136 e. The van der Waals surface area contributed by atoms with Crippen LogP contribution in [0.4, 0.5) is 0 Å². The molecule has 29 aromatic rings. The van der Waals surface area contributed by atoms with Gasteiger partial charge in [0, 0.05) is 97.5 Å². The van der Waals surface area contributed by atoms with E-state index < -0.39 is 0 Å². The summed E-state index contributed by atoms with van der Waals surface area (Å²) in [7, 11) is 0. The molecule has 0 bridgehead atoms. The van der Waals surface area contributed by atoms with E-state index in [0.29, 0.717) is 0 Å². The topological polar surface area (TPSA) is 78.1 Å². The van der Waals surface area contributed by atoms with Gasteiger partial charge in [0.15, 0.2) is 0 Å². The Morgan fingerprint density at radius 3 is 0.782 bits per heavy atom. The first-order valence-corrected chi connectivity index (χ1v) is 45.4. The molecule has 0 N–H and O–H groups in total. The summed E-state index contributed by atoms with van der Waals surface area (Å²) in [6.45, 7) is 0. The molecule has 0 amide bonds. The van der Waals surface area contributed by atoms with Crippen LogP contribution in [0.25, 0.3) is 285 Å². The van der Waals surface area contributed by atoms with Crippen molar-refractivity contribution in [3.63, 3.8) is 0 Å². The second kappa shape index (κ2) is 30.5. The van der Waals surface area contributed by atoms with Crippen LogP contribution in [-0.4, -0.2) is 15.0 Å². The fraction of sp³-hybridized carbons (Fsp3) is 0. The molecule has 6 heterocycles. The fourth-order valence-corrected chi connectivity index (χ4v) is 21.5. The number of pyridine rings is 3. The minimum absolute atomic E-state index is 0.891. The van der Waals surface area contributed by atoms with E-state index in [9.17, 15) is 0 Å². The van der Waals surface area contributed by atoms with Gasteiger partial charge in [0.2, 0.25) is 0 Å². The molecule has 133 heavy (non-hydrogen) atoms. The highest BCUT2D eigenvalue weighted by molar-refractivity contribution is 6.33. The van der Waals surface area contributed by atoms with Crippen LogP contribution in [0.2, 0.25) is 0 Å². The van der Waals surface area contributed by atoms with Crippen LogP contribution in [-0.2, 0) is 0 Å². The van der Waals surface area contributed by atoms with E-state index in [1.807, 2.05) is 30.3 Å². The quantitative estimate of drug-likeness (QED) is 0.117. The molecule has 616 valence electrons. The Kier molecular flexibility index (Phi) is 17.3. The number of nitrogens with zero attached hydrogens (tertiary/aromatic N) is 3. The Morgan fingerprint density at radius 2 is 0.383 bits per heavy atom. The molecule has 0 aliphatic heterocycles. The van der Waals surface area contributed by atoms with Crippen molar-refractivity contribution < 1.29 is 13.3 Å². The molecule has 6 aromatic heterocycles. The number of furan rings is 3. The number of aromatic nitrogens is 3. The summed E-state index contributed by atoms with van der Waals surface area (Å²) in [5.74, 6) is 0. The van der Waals surface area contributed by atoms with Gasteiger partial charge in [-0.3, -0.25) is 0 Å². The third kappa shape index (κ3) is 12.2. The van der Waals surface area contributed by atoms with E-state index in [-0.39, 0.29) is 0 Å². The summed E-state index contributed by atoms with van der Waals surface area (Å²) in [5, 5.41) is 34.8. The van der Waals surface area contributed by atoms with Gasteiger partial charge in [0.25, 0.3) is 0 Å². The summed E-state index contributed by atoms with van der Waals surface area (Å²) < 4.78 is 19.0. The highest BCUT2D eigenvalue weighted by Crippen LogP contribution is 2.50. The molecule has 0 saturated carbocycles. The van der Waals surface area contributed by atoms with Crippen LogP contribution >= 0.6 is 0 Å². The average Bonchev–Trinajstić information content (AvgIpc) is 1.72. The minimum atomic E-state index is 0.891. The molecule has 6 nitrogen and oxygen atoms in total. The standard InChI is InChI=1S/C45H27NO.C43H25NO.C39H23NO/c1-3-13-28(14-4-1)41-31-17-7-9-19-33(31)42(34-20-10-8-18-32(34)41)30-23-24-35-38(27-30)46-45(29-15-5-2-6-16-29)37-25-26-40-44(43(35)37)36-21-11-12-22-39(36)47-40;1-2-10-26(11-3-1)43-36-22-23-40-42(35-16-8-9-17-39(35)45-40)41(36)34-21-19-28(25-38(34)44-43)27-18-20-33-31-14-5-4-12-29(31)30-13-6-7-15-32(30)37(33)24-27;1-2-9-26(10-3-1)39-32-20-21-36-38(31-12-6-7-13-35(31)41-36)37(32)30-19-18-28(23-34(30)40-39)27-17-16-25-15-14-24-8-4-5-11-29(24)33(25)22-27/h1-27H;1-25H;1-23H. The first-order chi connectivity index (χ1) is 66.0. The first-order valence-electron chi connectivity index (χ1n) is 45.4. The molecule has 23 aromatic carbocycles. The van der Waals surface area contributed by atoms with E-state index >= 15 is 0 Å². The maximum absolute atomic E-state index is 6.37. The molecule has 0 unspecified atom stereocenters. The van der Waals surface area contributed by atoms with Gasteiger partial charge < -0.3 is 13.3 Å². The van der Waals surface area contributed by atoms with Crippen molar-refractivity contribution in [2.45, 2.75) is 0 Å². The molecule has 0 fully saturated rings. The van der Waals surface area contributed by atoms with Gasteiger partial charge in [-0.25, -0.2) is 15.0 Å². The predicted octanol–water partition coefficient (Wildman–Crippen LogP) is 35.6. The lowest BCUT2D eigenvalue weighted by atomic mass is 9.85. The molecule has 0 atom stereocenters. The van der Waals surface area contributed by atoms with Gasteiger partial charge in [-0.1, -0.05) is 370 Å². The summed E-state index contributed by atoms with van der Waals surface area (Å²) in [6, 6.07) is 162. The second-order valence-electron chi connectivity index (χ2n) is 34.8. The Bertz CT molecular complexity index is 9820. The number of hydrogen-bond acceptors (Lipinski definition) is 6. The zero-order valence-electron chi connectivity index (χ0n) is 71.9. The van der Waals surface area contributed by atoms with Crippen molar-refractivity contribution in [1.29, 1.82) is 0 Å². The average molecular weight is 1690 g/mol. The first kappa shape index (κ1) is 75.4. The summed E-state index contributed by atoms with van der Waals surface area (Å²) >= 11 is 0. The van der Waals surface area contributed by atoms with Crippen LogP contribution in [0.1, 0.15) is 0 Å². The molecule has 0 radical (unpaired) electrons. The zero-order chi connectivity index (χ0) is 87.3. The van der Waals surface area contributed by atoms with Crippen molar-refractivity contribution in [1.82, 2.24) is 15.0 Å². The Balaban J connectivity index is 0.000000102. The van der Waals surface area contributed by atoms with Gasteiger partial charge in [0.1, 0.15) is 33.5 Å². The van der Waals surface area contributed by atoms with Gasteiger partial charge in [-0.15, -0.1) is 0 Å². The molecule has 6 heteroatoms. The van der Waals surface area contributed by atoms with Crippen molar-refractivity contribution >= 4 is 206 Å². The van der Waals surface area contributed by atoms with Crippen molar-refractivity contribution in [2.24, 2.45) is 0 Å².